The highest BCUT2D eigenvalue weighted by Crippen LogP contribution is 2.30. The van der Waals surface area contributed by atoms with E-state index < -0.39 is 0 Å². The molecule has 1 heterocycles. The number of rotatable bonds is 5. The highest BCUT2D eigenvalue weighted by molar-refractivity contribution is 4.79. The zero-order chi connectivity index (χ0) is 11.2. The normalized spacial score (nSPS) is 35.4. The first-order valence-electron chi connectivity index (χ1n) is 6.41. The molecule has 2 aliphatic rings. The maximum Gasteiger partial charge on any atom is 0.147 e. The number of ether oxygens (including phenoxy) is 2. The van der Waals surface area contributed by atoms with Crippen molar-refractivity contribution in [2.24, 2.45) is 11.8 Å². The van der Waals surface area contributed by atoms with Crippen molar-refractivity contribution in [3.05, 3.63) is 0 Å². The molecule has 1 saturated heterocycles. The SMILES string of the molecule is OCC1CCCC1CNCC1CCOCO1. The zero-order valence-corrected chi connectivity index (χ0v) is 9.86. The molecule has 3 atom stereocenters. The molecule has 16 heavy (non-hydrogen) atoms. The van der Waals surface area contributed by atoms with Gasteiger partial charge >= 0.3 is 0 Å². The number of hydrogen-bond donors (Lipinski definition) is 2. The molecule has 3 unspecified atom stereocenters. The Labute approximate surface area is 97.3 Å². The molecule has 1 aliphatic heterocycles. The average Bonchev–Trinajstić information content (AvgIpc) is 2.78. The van der Waals surface area contributed by atoms with Gasteiger partial charge in [-0.05, 0) is 37.6 Å². The summed E-state index contributed by atoms with van der Waals surface area (Å²) >= 11 is 0. The van der Waals surface area contributed by atoms with Crippen LogP contribution in [0.3, 0.4) is 0 Å². The van der Waals surface area contributed by atoms with Gasteiger partial charge in [-0.3, -0.25) is 0 Å². The molecule has 2 rings (SSSR count). The predicted octanol–water partition coefficient (Wildman–Crippen LogP) is 0.748. The van der Waals surface area contributed by atoms with Crippen molar-refractivity contribution in [1.29, 1.82) is 0 Å². The van der Waals surface area contributed by atoms with Gasteiger partial charge in [-0.25, -0.2) is 0 Å². The number of hydrogen-bond acceptors (Lipinski definition) is 4. The molecule has 0 amide bonds. The summed E-state index contributed by atoms with van der Waals surface area (Å²) in [4.78, 5) is 0. The van der Waals surface area contributed by atoms with Gasteiger partial charge in [-0.2, -0.15) is 0 Å². The second-order valence-corrected chi connectivity index (χ2v) is 4.90. The largest absolute Gasteiger partial charge is 0.396 e. The lowest BCUT2D eigenvalue weighted by Crippen LogP contribution is -2.37. The maximum atomic E-state index is 9.22. The van der Waals surface area contributed by atoms with Crippen LogP contribution in [0.15, 0.2) is 0 Å². The van der Waals surface area contributed by atoms with Gasteiger partial charge in [-0.15, -0.1) is 0 Å². The molecule has 1 aliphatic carbocycles. The van der Waals surface area contributed by atoms with Gasteiger partial charge in [0.05, 0.1) is 12.7 Å². The highest BCUT2D eigenvalue weighted by Gasteiger charge is 2.26. The third-order valence-corrected chi connectivity index (χ3v) is 3.80. The summed E-state index contributed by atoms with van der Waals surface area (Å²) in [5.74, 6) is 1.17. The van der Waals surface area contributed by atoms with Gasteiger partial charge in [0.25, 0.3) is 0 Å². The van der Waals surface area contributed by atoms with E-state index in [2.05, 4.69) is 5.32 Å². The van der Waals surface area contributed by atoms with Crippen molar-refractivity contribution < 1.29 is 14.6 Å². The van der Waals surface area contributed by atoms with Gasteiger partial charge < -0.3 is 19.9 Å². The topological polar surface area (TPSA) is 50.7 Å². The van der Waals surface area contributed by atoms with Crippen LogP contribution in [0.1, 0.15) is 25.7 Å². The lowest BCUT2D eigenvalue weighted by atomic mass is 9.97. The first-order valence-corrected chi connectivity index (χ1v) is 6.41. The quantitative estimate of drug-likeness (QED) is 0.730. The van der Waals surface area contributed by atoms with Crippen molar-refractivity contribution >= 4 is 0 Å². The minimum atomic E-state index is 0.308. The van der Waals surface area contributed by atoms with E-state index in [1.807, 2.05) is 0 Å². The molecule has 0 spiro atoms. The maximum absolute atomic E-state index is 9.22. The van der Waals surface area contributed by atoms with Crippen LogP contribution >= 0.6 is 0 Å². The monoisotopic (exact) mass is 229 g/mol. The fourth-order valence-electron chi connectivity index (χ4n) is 2.71. The van der Waals surface area contributed by atoms with Crippen LogP contribution in [0, 0.1) is 11.8 Å². The summed E-state index contributed by atoms with van der Waals surface area (Å²) in [7, 11) is 0. The summed E-state index contributed by atoms with van der Waals surface area (Å²) in [6.45, 7) is 3.54. The van der Waals surface area contributed by atoms with Gasteiger partial charge in [0.2, 0.25) is 0 Å². The molecule has 1 saturated carbocycles. The second kappa shape index (κ2) is 6.55. The van der Waals surface area contributed by atoms with Crippen molar-refractivity contribution in [1.82, 2.24) is 5.32 Å². The zero-order valence-electron chi connectivity index (χ0n) is 9.86. The van der Waals surface area contributed by atoms with Crippen LogP contribution in [0.4, 0.5) is 0 Å². The van der Waals surface area contributed by atoms with Crippen LogP contribution in [0.2, 0.25) is 0 Å². The van der Waals surface area contributed by atoms with Gasteiger partial charge in [-0.1, -0.05) is 6.42 Å². The molecule has 0 aromatic heterocycles. The van der Waals surface area contributed by atoms with Crippen LogP contribution < -0.4 is 5.32 Å². The summed E-state index contributed by atoms with van der Waals surface area (Å²) in [5, 5.41) is 12.7. The molecular weight excluding hydrogens is 206 g/mol. The smallest absolute Gasteiger partial charge is 0.147 e. The Hall–Kier alpha value is -0.160. The number of aliphatic hydroxyl groups is 1. The van der Waals surface area contributed by atoms with Crippen LogP contribution in [-0.2, 0) is 9.47 Å². The summed E-state index contributed by atoms with van der Waals surface area (Å²) in [6, 6.07) is 0. The third kappa shape index (κ3) is 3.42. The summed E-state index contributed by atoms with van der Waals surface area (Å²) in [5.41, 5.74) is 0. The second-order valence-electron chi connectivity index (χ2n) is 4.90. The predicted molar refractivity (Wildman–Crippen MR) is 61.1 cm³/mol. The van der Waals surface area contributed by atoms with Crippen LogP contribution in [0.5, 0.6) is 0 Å². The minimum Gasteiger partial charge on any atom is -0.396 e. The van der Waals surface area contributed by atoms with Crippen molar-refractivity contribution in [2.75, 3.05) is 33.1 Å². The van der Waals surface area contributed by atoms with Gasteiger partial charge in [0, 0.05) is 13.2 Å². The Balaban J connectivity index is 1.59. The van der Waals surface area contributed by atoms with Crippen molar-refractivity contribution in [3.8, 4) is 0 Å². The Morgan fingerprint density at radius 2 is 2.00 bits per heavy atom. The Bertz CT molecular complexity index is 195. The standard InChI is InChI=1S/C12H23NO3/c14-8-11-3-1-2-10(11)6-13-7-12-4-5-15-9-16-12/h10-14H,1-9H2. The van der Waals surface area contributed by atoms with Crippen molar-refractivity contribution in [2.45, 2.75) is 31.8 Å². The molecule has 4 nitrogen and oxygen atoms in total. The van der Waals surface area contributed by atoms with E-state index in [1.54, 1.807) is 0 Å². The lowest BCUT2D eigenvalue weighted by molar-refractivity contribution is -0.137. The molecule has 94 valence electrons. The van der Waals surface area contributed by atoms with Crippen LogP contribution in [0.25, 0.3) is 0 Å². The Kier molecular flexibility index (Phi) is 5.03. The van der Waals surface area contributed by atoms with E-state index >= 15 is 0 Å². The first kappa shape index (κ1) is 12.3. The first-order chi connectivity index (χ1) is 7.90. The van der Waals surface area contributed by atoms with Crippen molar-refractivity contribution in [3.63, 3.8) is 0 Å². The van der Waals surface area contributed by atoms with Gasteiger partial charge in [0.15, 0.2) is 0 Å². The van der Waals surface area contributed by atoms with E-state index in [0.717, 1.165) is 26.1 Å². The minimum absolute atomic E-state index is 0.308. The van der Waals surface area contributed by atoms with E-state index in [4.69, 9.17) is 9.47 Å². The van der Waals surface area contributed by atoms with Crippen LogP contribution in [-0.4, -0.2) is 44.3 Å². The Morgan fingerprint density at radius 1 is 1.12 bits per heavy atom. The summed E-state index contributed by atoms with van der Waals surface area (Å²) < 4.78 is 10.6. The molecule has 0 aromatic carbocycles. The van der Waals surface area contributed by atoms with E-state index in [9.17, 15) is 5.11 Å². The molecule has 0 aromatic rings. The molecule has 0 bridgehead atoms. The lowest BCUT2D eigenvalue weighted by Gasteiger charge is -2.24. The van der Waals surface area contributed by atoms with Gasteiger partial charge in [0.1, 0.15) is 6.79 Å². The molecule has 4 heteroatoms. The average molecular weight is 229 g/mol. The molecule has 2 N–H and O–H groups in total. The third-order valence-electron chi connectivity index (χ3n) is 3.80. The fourth-order valence-corrected chi connectivity index (χ4v) is 2.71. The summed E-state index contributed by atoms with van der Waals surface area (Å²) in [6.07, 6.45) is 5.01. The molecule has 2 fully saturated rings. The number of aliphatic hydroxyl groups excluding tert-OH is 1. The highest BCUT2D eigenvalue weighted by atomic mass is 16.7. The molecular formula is C12H23NO3. The Morgan fingerprint density at radius 3 is 2.75 bits per heavy atom. The van der Waals surface area contributed by atoms with E-state index in [-0.39, 0.29) is 0 Å². The number of nitrogens with one attached hydrogen (secondary N) is 1. The molecule has 0 radical (unpaired) electrons. The van der Waals surface area contributed by atoms with E-state index in [1.165, 1.54) is 19.3 Å². The van der Waals surface area contributed by atoms with E-state index in [0.29, 0.717) is 31.3 Å². The fraction of sp³-hybridized carbons (Fsp3) is 1.00.